The normalized spacial score (nSPS) is 17.3. The van der Waals surface area contributed by atoms with Crippen LogP contribution in [0.25, 0.3) is 0 Å². The first-order valence-corrected chi connectivity index (χ1v) is 9.49. The van der Waals surface area contributed by atoms with Crippen LogP contribution in [0.3, 0.4) is 0 Å². The summed E-state index contributed by atoms with van der Waals surface area (Å²) in [5, 5.41) is 3.17. The van der Waals surface area contributed by atoms with Crippen LogP contribution in [0.2, 0.25) is 0 Å². The van der Waals surface area contributed by atoms with Gasteiger partial charge in [0.05, 0.1) is 19.8 Å². The van der Waals surface area contributed by atoms with Crippen LogP contribution in [-0.2, 0) is 6.42 Å². The molecule has 0 saturated carbocycles. The fourth-order valence-corrected chi connectivity index (χ4v) is 3.64. The van der Waals surface area contributed by atoms with Crippen molar-refractivity contribution in [3.63, 3.8) is 0 Å². The molecule has 0 unspecified atom stereocenters. The summed E-state index contributed by atoms with van der Waals surface area (Å²) in [6.45, 7) is 2.98. The fraction of sp³-hybridized carbons (Fsp3) is 0.409. The van der Waals surface area contributed by atoms with E-state index >= 15 is 0 Å². The molecule has 5 heteroatoms. The van der Waals surface area contributed by atoms with Crippen molar-refractivity contribution >= 4 is 5.91 Å². The number of ether oxygens (including phenoxy) is 2. The zero-order chi connectivity index (χ0) is 19.1. The topological polar surface area (TPSA) is 50.8 Å². The Hall–Kier alpha value is -2.53. The monoisotopic (exact) mass is 368 g/mol. The first-order valence-electron chi connectivity index (χ1n) is 9.49. The summed E-state index contributed by atoms with van der Waals surface area (Å²) in [5.41, 5.74) is 1.86. The summed E-state index contributed by atoms with van der Waals surface area (Å²) in [7, 11) is 3.13. The largest absolute Gasteiger partial charge is 0.493 e. The first kappa shape index (κ1) is 19.2. The zero-order valence-corrected chi connectivity index (χ0v) is 16.1. The van der Waals surface area contributed by atoms with Crippen molar-refractivity contribution in [2.45, 2.75) is 25.3 Å². The van der Waals surface area contributed by atoms with Crippen molar-refractivity contribution in [3.05, 3.63) is 59.7 Å². The third kappa shape index (κ3) is 5.01. The summed E-state index contributed by atoms with van der Waals surface area (Å²) < 4.78 is 10.7. The maximum absolute atomic E-state index is 12.8. The van der Waals surface area contributed by atoms with E-state index in [9.17, 15) is 4.79 Å². The Balaban J connectivity index is 1.58. The summed E-state index contributed by atoms with van der Waals surface area (Å²) >= 11 is 0. The molecule has 2 aromatic carbocycles. The highest BCUT2D eigenvalue weighted by Gasteiger charge is 2.23. The molecule has 144 valence electrons. The third-order valence-corrected chi connectivity index (χ3v) is 5.05. The van der Waals surface area contributed by atoms with Gasteiger partial charge in [-0.3, -0.25) is 4.79 Å². The van der Waals surface area contributed by atoms with E-state index in [0.717, 1.165) is 38.9 Å². The molecule has 5 nitrogen and oxygen atoms in total. The number of carbonyl (C=O) groups is 1. The lowest BCUT2D eigenvalue weighted by Crippen LogP contribution is -2.48. The molecule has 1 fully saturated rings. The molecule has 1 saturated heterocycles. The van der Waals surface area contributed by atoms with Crippen molar-refractivity contribution in [2.24, 2.45) is 0 Å². The maximum Gasteiger partial charge on any atom is 0.255 e. The molecule has 1 amide bonds. The zero-order valence-electron chi connectivity index (χ0n) is 16.1. The maximum atomic E-state index is 12.8. The summed E-state index contributed by atoms with van der Waals surface area (Å²) in [6, 6.07) is 16.1. The van der Waals surface area contributed by atoms with E-state index in [0.29, 0.717) is 17.1 Å². The number of rotatable bonds is 7. The Morgan fingerprint density at radius 2 is 1.93 bits per heavy atom. The van der Waals surface area contributed by atoms with E-state index in [4.69, 9.17) is 9.47 Å². The lowest BCUT2D eigenvalue weighted by atomic mass is 10.0. The summed E-state index contributed by atoms with van der Waals surface area (Å²) in [5.74, 6) is 0.938. The van der Waals surface area contributed by atoms with Gasteiger partial charge in [0.1, 0.15) is 0 Å². The molecular formula is C22H28N2O3. The molecule has 0 bridgehead atoms. The number of carbonyl (C=O) groups excluding carboxylic acids is 1. The quantitative estimate of drug-likeness (QED) is 0.816. The van der Waals surface area contributed by atoms with Crippen LogP contribution in [0.1, 0.15) is 28.8 Å². The van der Waals surface area contributed by atoms with Crippen molar-refractivity contribution < 1.29 is 14.3 Å². The van der Waals surface area contributed by atoms with Crippen molar-refractivity contribution in [1.82, 2.24) is 10.2 Å². The van der Waals surface area contributed by atoms with E-state index in [1.807, 2.05) is 12.1 Å². The number of hydrogen-bond acceptors (Lipinski definition) is 4. The highest BCUT2D eigenvalue weighted by molar-refractivity contribution is 5.98. The SMILES string of the molecule is COc1cccc(C(=O)N[C@H]2CCCN(CCc3ccccc3)C2)c1OC. The number of benzene rings is 2. The van der Waals surface area contributed by atoms with Crippen LogP contribution < -0.4 is 14.8 Å². The molecule has 27 heavy (non-hydrogen) atoms. The molecule has 0 aromatic heterocycles. The smallest absolute Gasteiger partial charge is 0.255 e. The van der Waals surface area contributed by atoms with Gasteiger partial charge in [0.2, 0.25) is 0 Å². The van der Waals surface area contributed by atoms with Crippen molar-refractivity contribution in [1.29, 1.82) is 0 Å². The van der Waals surface area contributed by atoms with Gasteiger partial charge in [-0.1, -0.05) is 36.4 Å². The Kier molecular flexibility index (Phi) is 6.71. The number of hydrogen-bond donors (Lipinski definition) is 1. The second-order valence-electron chi connectivity index (χ2n) is 6.89. The number of piperidine rings is 1. The molecule has 1 aliphatic rings. The minimum Gasteiger partial charge on any atom is -0.493 e. The third-order valence-electron chi connectivity index (χ3n) is 5.05. The van der Waals surface area contributed by atoms with E-state index in [1.54, 1.807) is 26.4 Å². The first-order chi connectivity index (χ1) is 13.2. The minimum atomic E-state index is -0.111. The van der Waals surface area contributed by atoms with Gasteiger partial charge in [-0.15, -0.1) is 0 Å². The number of likely N-dealkylation sites (tertiary alicyclic amines) is 1. The van der Waals surface area contributed by atoms with Gasteiger partial charge < -0.3 is 19.7 Å². The number of methoxy groups -OCH3 is 2. The molecule has 1 atom stereocenters. The molecular weight excluding hydrogens is 340 g/mol. The summed E-state index contributed by atoms with van der Waals surface area (Å²) in [4.78, 5) is 15.2. The van der Waals surface area contributed by atoms with Crippen molar-refractivity contribution in [3.8, 4) is 11.5 Å². The van der Waals surface area contributed by atoms with Gasteiger partial charge in [0.15, 0.2) is 11.5 Å². The van der Waals surface area contributed by atoms with Gasteiger partial charge in [-0.25, -0.2) is 0 Å². The van der Waals surface area contributed by atoms with E-state index < -0.39 is 0 Å². The van der Waals surface area contributed by atoms with Gasteiger partial charge in [0.25, 0.3) is 5.91 Å². The molecule has 1 N–H and O–H groups in total. The number of nitrogens with zero attached hydrogens (tertiary/aromatic N) is 1. The molecule has 1 aliphatic heterocycles. The van der Waals surface area contributed by atoms with Crippen LogP contribution in [0.5, 0.6) is 11.5 Å². The van der Waals surface area contributed by atoms with Gasteiger partial charge in [0, 0.05) is 19.1 Å². The lowest BCUT2D eigenvalue weighted by molar-refractivity contribution is 0.0900. The predicted molar refractivity (Wildman–Crippen MR) is 107 cm³/mol. The molecule has 0 spiro atoms. The Bertz CT molecular complexity index is 748. The fourth-order valence-electron chi connectivity index (χ4n) is 3.64. The number of nitrogens with one attached hydrogen (secondary N) is 1. The Labute approximate surface area is 161 Å². The number of para-hydroxylation sites is 1. The number of amides is 1. The Morgan fingerprint density at radius 3 is 2.67 bits per heavy atom. The molecule has 2 aromatic rings. The van der Waals surface area contributed by atoms with Gasteiger partial charge in [-0.2, -0.15) is 0 Å². The average molecular weight is 368 g/mol. The van der Waals surface area contributed by atoms with Crippen LogP contribution in [0.4, 0.5) is 0 Å². The second-order valence-corrected chi connectivity index (χ2v) is 6.89. The van der Waals surface area contributed by atoms with Crippen LogP contribution in [-0.4, -0.2) is 50.7 Å². The van der Waals surface area contributed by atoms with Crippen molar-refractivity contribution in [2.75, 3.05) is 33.9 Å². The lowest BCUT2D eigenvalue weighted by Gasteiger charge is -2.33. The van der Waals surface area contributed by atoms with E-state index in [-0.39, 0.29) is 11.9 Å². The molecule has 0 radical (unpaired) electrons. The summed E-state index contributed by atoms with van der Waals surface area (Å²) in [6.07, 6.45) is 3.13. The molecule has 3 rings (SSSR count). The average Bonchev–Trinajstić information content (AvgIpc) is 2.72. The van der Waals surface area contributed by atoms with E-state index in [2.05, 4.69) is 34.5 Å². The minimum absolute atomic E-state index is 0.111. The van der Waals surface area contributed by atoms with Gasteiger partial charge in [-0.05, 0) is 43.5 Å². The highest BCUT2D eigenvalue weighted by Crippen LogP contribution is 2.30. The van der Waals surface area contributed by atoms with Crippen LogP contribution >= 0.6 is 0 Å². The van der Waals surface area contributed by atoms with Crippen LogP contribution in [0, 0.1) is 0 Å². The van der Waals surface area contributed by atoms with Crippen LogP contribution in [0.15, 0.2) is 48.5 Å². The highest BCUT2D eigenvalue weighted by atomic mass is 16.5. The van der Waals surface area contributed by atoms with Gasteiger partial charge >= 0.3 is 0 Å². The van der Waals surface area contributed by atoms with E-state index in [1.165, 1.54) is 5.56 Å². The molecule has 1 heterocycles. The molecule has 0 aliphatic carbocycles. The Morgan fingerprint density at radius 1 is 1.11 bits per heavy atom. The standard InChI is InChI=1S/C22H28N2O3/c1-26-20-12-6-11-19(21(20)27-2)22(25)23-18-10-7-14-24(16-18)15-13-17-8-4-3-5-9-17/h3-6,8-9,11-12,18H,7,10,13-16H2,1-2H3,(H,23,25)/t18-/m0/s1. The second kappa shape index (κ2) is 9.42. The predicted octanol–water partition coefficient (Wildman–Crippen LogP) is 3.14.